The highest BCUT2D eigenvalue weighted by atomic mass is 32.2. The number of hydrogen-bond acceptors (Lipinski definition) is 5. The van der Waals surface area contributed by atoms with Crippen LogP contribution in [0.25, 0.3) is 0 Å². The number of rotatable bonds is 5. The third-order valence-corrected chi connectivity index (χ3v) is 6.55. The van der Waals surface area contributed by atoms with Crippen molar-refractivity contribution in [2.75, 3.05) is 6.54 Å². The first kappa shape index (κ1) is 17.9. The number of sulfonamides is 1. The van der Waals surface area contributed by atoms with E-state index in [4.69, 9.17) is 0 Å². The molecule has 142 valence electrons. The molecule has 1 N–H and O–H groups in total. The van der Waals surface area contributed by atoms with Gasteiger partial charge >= 0.3 is 0 Å². The molecule has 2 aromatic heterocycles. The lowest BCUT2D eigenvalue weighted by atomic mass is 10.2. The molecule has 0 fully saturated rings. The van der Waals surface area contributed by atoms with Crippen molar-refractivity contribution in [3.63, 3.8) is 0 Å². The van der Waals surface area contributed by atoms with Crippen molar-refractivity contribution in [3.05, 3.63) is 71.6 Å². The summed E-state index contributed by atoms with van der Waals surface area (Å²) in [6.45, 7) is 1.06. The van der Waals surface area contributed by atoms with E-state index in [1.54, 1.807) is 34.8 Å². The fourth-order valence-electron chi connectivity index (χ4n) is 3.28. The summed E-state index contributed by atoms with van der Waals surface area (Å²) in [6, 6.07) is 10.9. The van der Waals surface area contributed by atoms with Gasteiger partial charge in [0, 0.05) is 26.0 Å². The zero-order valence-electron chi connectivity index (χ0n) is 14.9. The van der Waals surface area contributed by atoms with Gasteiger partial charge in [0.2, 0.25) is 10.0 Å². The maximum atomic E-state index is 12.8. The summed E-state index contributed by atoms with van der Waals surface area (Å²) in [4.78, 5) is 4.16. The molecule has 1 atom stereocenters. The van der Waals surface area contributed by atoms with E-state index in [0.717, 1.165) is 11.3 Å². The van der Waals surface area contributed by atoms with E-state index in [2.05, 4.69) is 10.1 Å². The molecule has 0 saturated carbocycles. The van der Waals surface area contributed by atoms with Gasteiger partial charge in [-0.25, -0.2) is 13.4 Å². The topological polar surface area (TPSA) is 93.2 Å². The molecule has 0 bridgehead atoms. The summed E-state index contributed by atoms with van der Waals surface area (Å²) in [5, 5.41) is 15.0. The van der Waals surface area contributed by atoms with E-state index in [-0.39, 0.29) is 12.3 Å². The maximum absolute atomic E-state index is 12.8. The highest BCUT2D eigenvalue weighted by molar-refractivity contribution is 7.88. The molecule has 27 heavy (non-hydrogen) atoms. The Labute approximate surface area is 157 Å². The molecule has 0 spiro atoms. The van der Waals surface area contributed by atoms with E-state index in [1.165, 1.54) is 4.31 Å². The number of aliphatic hydroxyl groups excluding tert-OH is 1. The van der Waals surface area contributed by atoms with Crippen LogP contribution in [0.2, 0.25) is 0 Å². The zero-order chi connectivity index (χ0) is 19.0. The van der Waals surface area contributed by atoms with Crippen molar-refractivity contribution >= 4 is 10.0 Å². The van der Waals surface area contributed by atoms with Gasteiger partial charge in [-0.1, -0.05) is 30.3 Å². The smallest absolute Gasteiger partial charge is 0.218 e. The summed E-state index contributed by atoms with van der Waals surface area (Å²) in [5.41, 5.74) is 2.00. The number of aryl methyl sites for hydroxylation is 1. The van der Waals surface area contributed by atoms with E-state index in [0.29, 0.717) is 24.6 Å². The first-order valence-corrected chi connectivity index (χ1v) is 10.3. The van der Waals surface area contributed by atoms with Crippen LogP contribution >= 0.6 is 0 Å². The Hall–Kier alpha value is -2.49. The monoisotopic (exact) mass is 387 g/mol. The molecule has 9 heteroatoms. The summed E-state index contributed by atoms with van der Waals surface area (Å²) in [7, 11) is -1.62. The van der Waals surface area contributed by atoms with Gasteiger partial charge in [0.05, 0.1) is 30.2 Å². The average Bonchev–Trinajstić information content (AvgIpc) is 3.27. The van der Waals surface area contributed by atoms with E-state index in [1.807, 2.05) is 30.3 Å². The number of benzene rings is 1. The molecule has 0 unspecified atom stereocenters. The van der Waals surface area contributed by atoms with Crippen LogP contribution in [0.4, 0.5) is 0 Å². The minimum atomic E-state index is -3.43. The summed E-state index contributed by atoms with van der Waals surface area (Å²) >= 11 is 0. The Bertz CT molecular complexity index is 1040. The summed E-state index contributed by atoms with van der Waals surface area (Å²) < 4.78 is 30.5. The fourth-order valence-corrected chi connectivity index (χ4v) is 4.77. The number of hydrogen-bond donors (Lipinski definition) is 1. The molecule has 0 aliphatic carbocycles. The Kier molecular flexibility index (Phi) is 4.58. The van der Waals surface area contributed by atoms with Crippen molar-refractivity contribution in [1.82, 2.24) is 23.6 Å². The SMILES string of the molecule is Cn1ccnc1[C@@H](O)c1cc2n(n1)CCN(S(=O)(=O)Cc1ccccc1)C2. The third-order valence-electron chi connectivity index (χ3n) is 4.75. The molecular weight excluding hydrogens is 366 g/mol. The first-order valence-electron chi connectivity index (χ1n) is 8.68. The van der Waals surface area contributed by atoms with Gasteiger partial charge in [-0.3, -0.25) is 4.68 Å². The van der Waals surface area contributed by atoms with Crippen molar-refractivity contribution < 1.29 is 13.5 Å². The predicted octanol–water partition coefficient (Wildman–Crippen LogP) is 1.04. The molecule has 1 aromatic carbocycles. The normalized spacial score (nSPS) is 16.2. The quantitative estimate of drug-likeness (QED) is 0.706. The minimum absolute atomic E-state index is 0.0231. The average molecular weight is 387 g/mol. The van der Waals surface area contributed by atoms with Crippen molar-refractivity contribution in [1.29, 1.82) is 0 Å². The Morgan fingerprint density at radius 1 is 1.22 bits per heavy atom. The number of aromatic nitrogens is 4. The van der Waals surface area contributed by atoms with Crippen LogP contribution in [-0.4, -0.2) is 43.7 Å². The molecule has 3 aromatic rings. The molecular formula is C18H21N5O3S. The molecule has 0 radical (unpaired) electrons. The summed E-state index contributed by atoms with van der Waals surface area (Å²) in [6.07, 6.45) is 2.43. The highest BCUT2D eigenvalue weighted by Gasteiger charge is 2.29. The third kappa shape index (κ3) is 3.53. The molecule has 1 aliphatic rings. The Morgan fingerprint density at radius 3 is 2.70 bits per heavy atom. The second-order valence-electron chi connectivity index (χ2n) is 6.66. The summed E-state index contributed by atoms with van der Waals surface area (Å²) in [5.74, 6) is 0.476. The first-order chi connectivity index (χ1) is 12.9. The van der Waals surface area contributed by atoms with E-state index in [9.17, 15) is 13.5 Å². The number of nitrogens with zero attached hydrogens (tertiary/aromatic N) is 5. The molecule has 0 amide bonds. The number of fused-ring (bicyclic) bond motifs is 1. The van der Waals surface area contributed by atoms with Gasteiger partial charge in [0.15, 0.2) is 6.10 Å². The van der Waals surface area contributed by atoms with Crippen LogP contribution in [0, 0.1) is 0 Å². The highest BCUT2D eigenvalue weighted by Crippen LogP contribution is 2.24. The standard InChI is InChI=1S/C18H21N5O3S/c1-21-8-7-19-18(21)17(24)16-11-15-12-22(9-10-23(15)20-16)27(25,26)13-14-5-3-2-4-6-14/h2-8,11,17,24H,9-10,12-13H2,1H3/t17-/m0/s1. The number of aliphatic hydroxyl groups is 1. The lowest BCUT2D eigenvalue weighted by Gasteiger charge is -2.26. The van der Waals surface area contributed by atoms with Gasteiger partial charge < -0.3 is 9.67 Å². The van der Waals surface area contributed by atoms with Gasteiger partial charge in [0.25, 0.3) is 0 Å². The molecule has 3 heterocycles. The fraction of sp³-hybridized carbons (Fsp3) is 0.333. The van der Waals surface area contributed by atoms with Gasteiger partial charge in [-0.05, 0) is 11.6 Å². The largest absolute Gasteiger partial charge is 0.379 e. The lowest BCUT2D eigenvalue weighted by molar-refractivity contribution is 0.200. The van der Waals surface area contributed by atoms with Crippen LogP contribution in [0.5, 0.6) is 0 Å². The molecule has 8 nitrogen and oxygen atoms in total. The van der Waals surface area contributed by atoms with Gasteiger partial charge in [0.1, 0.15) is 5.82 Å². The second kappa shape index (κ2) is 6.91. The predicted molar refractivity (Wildman–Crippen MR) is 99.0 cm³/mol. The zero-order valence-corrected chi connectivity index (χ0v) is 15.7. The Morgan fingerprint density at radius 2 is 2.00 bits per heavy atom. The van der Waals surface area contributed by atoms with Gasteiger partial charge in [-0.2, -0.15) is 9.40 Å². The van der Waals surface area contributed by atoms with E-state index >= 15 is 0 Å². The van der Waals surface area contributed by atoms with Crippen molar-refractivity contribution in [2.24, 2.45) is 7.05 Å². The van der Waals surface area contributed by atoms with Crippen LogP contribution in [0.15, 0.2) is 48.8 Å². The molecule has 4 rings (SSSR count). The van der Waals surface area contributed by atoms with Crippen LogP contribution in [0.1, 0.15) is 28.9 Å². The Balaban J connectivity index is 1.53. The number of imidazole rings is 1. The minimum Gasteiger partial charge on any atom is -0.379 e. The second-order valence-corrected chi connectivity index (χ2v) is 8.63. The van der Waals surface area contributed by atoms with Crippen LogP contribution < -0.4 is 0 Å². The lowest BCUT2D eigenvalue weighted by Crippen LogP contribution is -2.39. The van der Waals surface area contributed by atoms with E-state index < -0.39 is 16.1 Å². The van der Waals surface area contributed by atoms with Crippen LogP contribution in [-0.2, 0) is 35.9 Å². The van der Waals surface area contributed by atoms with Crippen LogP contribution in [0.3, 0.4) is 0 Å². The maximum Gasteiger partial charge on any atom is 0.218 e. The molecule has 1 aliphatic heterocycles. The van der Waals surface area contributed by atoms with Gasteiger partial charge in [-0.15, -0.1) is 0 Å². The van der Waals surface area contributed by atoms with Crippen molar-refractivity contribution in [3.8, 4) is 0 Å². The molecule has 0 saturated heterocycles. The van der Waals surface area contributed by atoms with Crippen molar-refractivity contribution in [2.45, 2.75) is 24.9 Å².